The van der Waals surface area contributed by atoms with E-state index in [1.54, 1.807) is 0 Å². The fraction of sp³-hybridized carbons (Fsp3) is 0.933. The highest BCUT2D eigenvalue weighted by Crippen LogP contribution is 2.23. The first-order chi connectivity index (χ1) is 9.58. The molecule has 2 aliphatic rings. The average Bonchev–Trinajstić information content (AvgIpc) is 3.19. The van der Waals surface area contributed by atoms with Gasteiger partial charge in [-0.15, -0.1) is 0 Å². The second-order valence-corrected chi connectivity index (χ2v) is 6.03. The second-order valence-electron chi connectivity index (χ2n) is 6.03. The highest BCUT2D eigenvalue weighted by Gasteiger charge is 2.29. The van der Waals surface area contributed by atoms with Crippen molar-refractivity contribution in [1.29, 1.82) is 0 Å². The lowest BCUT2D eigenvalue weighted by Crippen LogP contribution is -2.40. The van der Waals surface area contributed by atoms with Crippen molar-refractivity contribution in [2.45, 2.75) is 76.3 Å². The van der Waals surface area contributed by atoms with Gasteiger partial charge in [0.05, 0.1) is 25.4 Å². The zero-order valence-corrected chi connectivity index (χ0v) is 12.8. The summed E-state index contributed by atoms with van der Waals surface area (Å²) in [7, 11) is 1.44. The Morgan fingerprint density at radius 1 is 1.30 bits per heavy atom. The Hall–Kier alpha value is -0.650. The Morgan fingerprint density at radius 3 is 2.50 bits per heavy atom. The van der Waals surface area contributed by atoms with Crippen LogP contribution in [0.5, 0.6) is 0 Å². The van der Waals surface area contributed by atoms with E-state index in [9.17, 15) is 4.79 Å². The molecular weight excluding hydrogens is 258 g/mol. The van der Waals surface area contributed by atoms with E-state index in [1.807, 2.05) is 0 Å². The van der Waals surface area contributed by atoms with E-state index in [2.05, 4.69) is 19.2 Å². The van der Waals surface area contributed by atoms with Crippen molar-refractivity contribution < 1.29 is 19.0 Å². The summed E-state index contributed by atoms with van der Waals surface area (Å²) in [6, 6.07) is 0.254. The topological polar surface area (TPSA) is 56.8 Å². The lowest BCUT2D eigenvalue weighted by Gasteiger charge is -2.32. The van der Waals surface area contributed by atoms with Crippen LogP contribution in [-0.2, 0) is 19.0 Å². The van der Waals surface area contributed by atoms with Gasteiger partial charge in [-0.2, -0.15) is 0 Å². The summed E-state index contributed by atoms with van der Waals surface area (Å²) in [6.45, 7) is 4.75. The van der Waals surface area contributed by atoms with E-state index in [4.69, 9.17) is 14.2 Å². The van der Waals surface area contributed by atoms with Crippen LogP contribution in [0.25, 0.3) is 0 Å². The summed E-state index contributed by atoms with van der Waals surface area (Å²) < 4.78 is 16.5. The molecule has 1 saturated carbocycles. The maximum Gasteiger partial charge on any atom is 0.322 e. The summed E-state index contributed by atoms with van der Waals surface area (Å²) in [6.07, 6.45) is 5.60. The number of carbonyl (C=O) groups is 1. The van der Waals surface area contributed by atoms with Crippen LogP contribution in [0.1, 0.15) is 46.0 Å². The molecule has 20 heavy (non-hydrogen) atoms. The number of ether oxygens (including phenoxy) is 3. The fourth-order valence-corrected chi connectivity index (χ4v) is 2.78. The van der Waals surface area contributed by atoms with Gasteiger partial charge in [-0.25, -0.2) is 0 Å². The standard InChI is InChI=1S/C15H27NO4/c1-10-8-13(9-11(2)20-10)19-7-6-14(15(17)18-3)16-12-4-5-12/h10-14,16H,4-9H2,1-3H3. The monoisotopic (exact) mass is 285 g/mol. The maximum atomic E-state index is 11.7. The number of nitrogens with one attached hydrogen (secondary N) is 1. The molecule has 116 valence electrons. The number of rotatable bonds is 7. The van der Waals surface area contributed by atoms with E-state index in [1.165, 1.54) is 7.11 Å². The van der Waals surface area contributed by atoms with Crippen LogP contribution in [-0.4, -0.2) is 50.1 Å². The molecule has 0 aromatic carbocycles. The van der Waals surface area contributed by atoms with Crippen LogP contribution in [0.3, 0.4) is 0 Å². The zero-order valence-electron chi connectivity index (χ0n) is 12.8. The van der Waals surface area contributed by atoms with E-state index < -0.39 is 0 Å². The Balaban J connectivity index is 1.70. The number of hydrogen-bond acceptors (Lipinski definition) is 5. The molecule has 0 aromatic rings. The smallest absolute Gasteiger partial charge is 0.322 e. The third kappa shape index (κ3) is 5.04. The molecule has 1 saturated heterocycles. The second kappa shape index (κ2) is 7.38. The third-order valence-electron chi connectivity index (χ3n) is 3.91. The molecule has 2 rings (SSSR count). The van der Waals surface area contributed by atoms with E-state index >= 15 is 0 Å². The first-order valence-electron chi connectivity index (χ1n) is 7.69. The average molecular weight is 285 g/mol. The van der Waals surface area contributed by atoms with Gasteiger partial charge < -0.3 is 19.5 Å². The van der Waals surface area contributed by atoms with Crippen LogP contribution in [0.4, 0.5) is 0 Å². The molecule has 5 heteroatoms. The number of esters is 1. The minimum absolute atomic E-state index is 0.186. The molecular formula is C15H27NO4. The van der Waals surface area contributed by atoms with Crippen LogP contribution >= 0.6 is 0 Å². The van der Waals surface area contributed by atoms with E-state index in [-0.39, 0.29) is 30.3 Å². The van der Waals surface area contributed by atoms with E-state index in [0.717, 1.165) is 25.7 Å². The van der Waals surface area contributed by atoms with Crippen LogP contribution in [0.15, 0.2) is 0 Å². The van der Waals surface area contributed by atoms with Gasteiger partial charge in [-0.05, 0) is 46.0 Å². The molecule has 0 amide bonds. The zero-order chi connectivity index (χ0) is 14.5. The lowest BCUT2D eigenvalue weighted by molar-refractivity contribution is -0.144. The van der Waals surface area contributed by atoms with Gasteiger partial charge in [-0.3, -0.25) is 4.79 Å². The molecule has 5 nitrogen and oxygen atoms in total. The van der Waals surface area contributed by atoms with Gasteiger partial charge in [0, 0.05) is 12.6 Å². The predicted molar refractivity (Wildman–Crippen MR) is 75.6 cm³/mol. The molecule has 1 aliphatic carbocycles. The molecule has 0 aromatic heterocycles. The Kier molecular flexibility index (Phi) is 5.81. The Morgan fingerprint density at radius 2 is 1.95 bits per heavy atom. The van der Waals surface area contributed by atoms with Gasteiger partial charge in [0.1, 0.15) is 6.04 Å². The molecule has 3 atom stereocenters. The van der Waals surface area contributed by atoms with Crippen LogP contribution in [0.2, 0.25) is 0 Å². The molecule has 0 bridgehead atoms. The van der Waals surface area contributed by atoms with Gasteiger partial charge in [-0.1, -0.05) is 0 Å². The van der Waals surface area contributed by atoms with E-state index in [0.29, 0.717) is 19.1 Å². The summed E-state index contributed by atoms with van der Waals surface area (Å²) >= 11 is 0. The van der Waals surface area contributed by atoms with Crippen molar-refractivity contribution in [2.24, 2.45) is 0 Å². The predicted octanol–water partition coefficient (Wildman–Crippen LogP) is 1.64. The highest BCUT2D eigenvalue weighted by molar-refractivity contribution is 5.75. The van der Waals surface area contributed by atoms with Crippen molar-refractivity contribution in [2.75, 3.05) is 13.7 Å². The summed E-state index contributed by atoms with van der Waals surface area (Å²) in [5, 5.41) is 3.32. The van der Waals surface area contributed by atoms with Gasteiger partial charge >= 0.3 is 5.97 Å². The first-order valence-corrected chi connectivity index (χ1v) is 7.69. The minimum atomic E-state index is -0.234. The largest absolute Gasteiger partial charge is 0.468 e. The minimum Gasteiger partial charge on any atom is -0.468 e. The van der Waals surface area contributed by atoms with Crippen molar-refractivity contribution >= 4 is 5.97 Å². The molecule has 2 fully saturated rings. The lowest BCUT2D eigenvalue weighted by atomic mass is 10.0. The third-order valence-corrected chi connectivity index (χ3v) is 3.91. The van der Waals surface area contributed by atoms with Crippen molar-refractivity contribution in [3.63, 3.8) is 0 Å². The number of methoxy groups -OCH3 is 1. The molecule has 1 N–H and O–H groups in total. The van der Waals surface area contributed by atoms with Gasteiger partial charge in [0.25, 0.3) is 0 Å². The maximum absolute atomic E-state index is 11.7. The summed E-state index contributed by atoms with van der Waals surface area (Å²) in [5.74, 6) is -0.186. The number of carbonyl (C=O) groups excluding carboxylic acids is 1. The highest BCUT2D eigenvalue weighted by atomic mass is 16.5. The van der Waals surface area contributed by atoms with Gasteiger partial charge in [0.2, 0.25) is 0 Å². The molecule has 1 aliphatic heterocycles. The normalized spacial score (nSPS) is 31.9. The Labute approximate surface area is 121 Å². The summed E-state index contributed by atoms with van der Waals surface area (Å²) in [4.78, 5) is 11.7. The molecule has 0 spiro atoms. The fourth-order valence-electron chi connectivity index (χ4n) is 2.78. The van der Waals surface area contributed by atoms with Crippen LogP contribution in [0, 0.1) is 0 Å². The first kappa shape index (κ1) is 15.7. The summed E-state index contributed by atoms with van der Waals surface area (Å²) in [5.41, 5.74) is 0. The molecule has 0 radical (unpaired) electrons. The Bertz CT molecular complexity index is 309. The van der Waals surface area contributed by atoms with Crippen molar-refractivity contribution in [3.05, 3.63) is 0 Å². The number of hydrogen-bond donors (Lipinski definition) is 1. The molecule has 1 heterocycles. The molecule has 3 unspecified atom stereocenters. The SMILES string of the molecule is COC(=O)C(CCOC1CC(C)OC(C)C1)NC1CC1. The van der Waals surface area contributed by atoms with Crippen molar-refractivity contribution in [3.8, 4) is 0 Å². The quantitative estimate of drug-likeness (QED) is 0.721. The van der Waals surface area contributed by atoms with Gasteiger partial charge in [0.15, 0.2) is 0 Å². The van der Waals surface area contributed by atoms with Crippen molar-refractivity contribution in [1.82, 2.24) is 5.32 Å². The van der Waals surface area contributed by atoms with Crippen LogP contribution < -0.4 is 5.32 Å².